The maximum Gasteiger partial charge on any atom is 0.292 e. The number of carbonyl (C=O) groups excluding carboxylic acids is 2. The SMILES string of the molecule is CON=C(C(=O)C(=O)C(=NOC)c1csc(N)n1)c1coc(N)n1. The van der Waals surface area contributed by atoms with Crippen molar-refractivity contribution in [3.05, 3.63) is 23.0 Å². The van der Waals surface area contributed by atoms with Gasteiger partial charge in [-0.15, -0.1) is 11.3 Å². The third-order valence-electron chi connectivity index (χ3n) is 2.53. The minimum atomic E-state index is -1.06. The van der Waals surface area contributed by atoms with Crippen LogP contribution in [0.5, 0.6) is 0 Å². The van der Waals surface area contributed by atoms with Gasteiger partial charge >= 0.3 is 0 Å². The Kier molecular flexibility index (Phi) is 5.21. The molecule has 0 bridgehead atoms. The van der Waals surface area contributed by atoms with Crippen molar-refractivity contribution in [1.82, 2.24) is 9.97 Å². The largest absolute Gasteiger partial charge is 0.432 e. The highest BCUT2D eigenvalue weighted by Crippen LogP contribution is 2.14. The Morgan fingerprint density at radius 1 is 1.08 bits per heavy atom. The summed E-state index contributed by atoms with van der Waals surface area (Å²) in [5.41, 5.74) is 10.2. The monoisotopic (exact) mass is 352 g/mol. The summed E-state index contributed by atoms with van der Waals surface area (Å²) in [7, 11) is 2.42. The summed E-state index contributed by atoms with van der Waals surface area (Å²) >= 11 is 1.07. The molecule has 2 rings (SSSR count). The molecule has 0 fully saturated rings. The van der Waals surface area contributed by atoms with Crippen LogP contribution in [-0.4, -0.2) is 47.2 Å². The lowest BCUT2D eigenvalue weighted by Gasteiger charge is -2.02. The Bertz CT molecular complexity index is 755. The molecule has 0 spiro atoms. The number of thiazole rings is 1. The number of nitrogens with zero attached hydrogens (tertiary/aromatic N) is 4. The van der Waals surface area contributed by atoms with Crippen LogP contribution in [0.1, 0.15) is 11.4 Å². The van der Waals surface area contributed by atoms with E-state index in [4.69, 9.17) is 15.9 Å². The molecule has 24 heavy (non-hydrogen) atoms. The van der Waals surface area contributed by atoms with Crippen molar-refractivity contribution < 1.29 is 23.7 Å². The van der Waals surface area contributed by atoms with Crippen molar-refractivity contribution in [3.63, 3.8) is 0 Å². The molecule has 2 heterocycles. The number of nitrogens with two attached hydrogens (primary N) is 2. The number of ketones is 2. The molecule has 12 heteroatoms. The third kappa shape index (κ3) is 3.55. The molecule has 126 valence electrons. The lowest BCUT2D eigenvalue weighted by atomic mass is 10.0. The van der Waals surface area contributed by atoms with E-state index in [1.165, 1.54) is 19.6 Å². The maximum absolute atomic E-state index is 12.5. The zero-order valence-corrected chi connectivity index (χ0v) is 13.4. The Hall–Kier alpha value is -3.28. The number of oxime groups is 2. The van der Waals surface area contributed by atoms with E-state index in [2.05, 4.69) is 30.0 Å². The summed E-state index contributed by atoms with van der Waals surface area (Å²) in [6, 6.07) is -0.202. The van der Waals surface area contributed by atoms with Crippen molar-refractivity contribution >= 4 is 45.5 Å². The molecule has 0 unspecified atom stereocenters. The average molecular weight is 352 g/mol. The zero-order chi connectivity index (χ0) is 17.7. The molecule has 0 aliphatic heterocycles. The minimum absolute atomic E-state index is 0.0674. The quantitative estimate of drug-likeness (QED) is 0.390. The molecule has 0 aromatic carbocycles. The number of oxazole rings is 1. The molecule has 0 saturated heterocycles. The van der Waals surface area contributed by atoms with Crippen LogP contribution in [0.2, 0.25) is 0 Å². The Morgan fingerprint density at radius 3 is 2.08 bits per heavy atom. The Balaban J connectivity index is 2.39. The van der Waals surface area contributed by atoms with Gasteiger partial charge in [0.25, 0.3) is 17.6 Å². The van der Waals surface area contributed by atoms with E-state index in [-0.39, 0.29) is 28.2 Å². The first kappa shape index (κ1) is 17.1. The van der Waals surface area contributed by atoms with Crippen LogP contribution in [-0.2, 0) is 19.3 Å². The summed E-state index contributed by atoms with van der Waals surface area (Å²) in [6.07, 6.45) is 1.06. The normalized spacial score (nSPS) is 12.1. The number of nitrogen functional groups attached to an aromatic ring is 2. The number of anilines is 2. The number of carbonyl (C=O) groups is 2. The van der Waals surface area contributed by atoms with Crippen molar-refractivity contribution in [2.75, 3.05) is 25.7 Å². The first-order valence-electron chi connectivity index (χ1n) is 6.22. The van der Waals surface area contributed by atoms with Crippen LogP contribution in [0.3, 0.4) is 0 Å². The van der Waals surface area contributed by atoms with Gasteiger partial charge in [-0.3, -0.25) is 9.59 Å². The molecule has 0 aliphatic carbocycles. The van der Waals surface area contributed by atoms with Gasteiger partial charge in [0.2, 0.25) is 0 Å². The van der Waals surface area contributed by atoms with Gasteiger partial charge in [0.15, 0.2) is 16.6 Å². The van der Waals surface area contributed by atoms with Crippen molar-refractivity contribution in [3.8, 4) is 0 Å². The van der Waals surface area contributed by atoms with Crippen LogP contribution < -0.4 is 11.5 Å². The summed E-state index contributed by atoms with van der Waals surface area (Å²) in [5, 5.41) is 8.70. The number of hydrogen-bond donors (Lipinski definition) is 2. The van der Waals surface area contributed by atoms with E-state index in [0.717, 1.165) is 17.6 Å². The first-order valence-corrected chi connectivity index (χ1v) is 7.10. The number of aromatic nitrogens is 2. The van der Waals surface area contributed by atoms with Gasteiger partial charge in [0, 0.05) is 5.38 Å². The Labute approximate surface area is 138 Å². The van der Waals surface area contributed by atoms with Gasteiger partial charge < -0.3 is 25.6 Å². The molecule has 0 radical (unpaired) electrons. The van der Waals surface area contributed by atoms with Gasteiger partial charge in [0.05, 0.1) is 0 Å². The van der Waals surface area contributed by atoms with Crippen molar-refractivity contribution in [2.24, 2.45) is 10.3 Å². The van der Waals surface area contributed by atoms with E-state index in [1.54, 1.807) is 0 Å². The standard InChI is InChI=1S/C12H12N6O5S/c1-21-17-7(5-3-23-11(13)15-5)9(19)10(20)8(18-22-2)6-4-24-12(14)16-6/h3-4H,1-2H3,(H2,13,15)(H2,14,16). The van der Waals surface area contributed by atoms with Gasteiger partial charge in [-0.2, -0.15) is 4.98 Å². The maximum atomic E-state index is 12.5. The van der Waals surface area contributed by atoms with E-state index in [0.29, 0.717) is 0 Å². The van der Waals surface area contributed by atoms with Gasteiger partial charge in [-0.1, -0.05) is 10.3 Å². The van der Waals surface area contributed by atoms with E-state index in [9.17, 15) is 9.59 Å². The molecule has 2 aromatic heterocycles. The molecule has 11 nitrogen and oxygen atoms in total. The lowest BCUT2D eigenvalue weighted by Crippen LogP contribution is -2.32. The van der Waals surface area contributed by atoms with Crippen LogP contribution in [0.4, 0.5) is 11.1 Å². The fraction of sp³-hybridized carbons (Fsp3) is 0.167. The average Bonchev–Trinajstić information content (AvgIpc) is 3.17. The van der Waals surface area contributed by atoms with Gasteiger partial charge in [-0.05, 0) is 0 Å². The molecule has 2 aromatic rings. The molecular weight excluding hydrogens is 340 g/mol. The summed E-state index contributed by atoms with van der Waals surface area (Å²) < 4.78 is 4.80. The third-order valence-corrected chi connectivity index (χ3v) is 3.20. The highest BCUT2D eigenvalue weighted by Gasteiger charge is 2.31. The van der Waals surface area contributed by atoms with E-state index < -0.39 is 17.3 Å². The van der Waals surface area contributed by atoms with Crippen molar-refractivity contribution in [1.29, 1.82) is 0 Å². The smallest absolute Gasteiger partial charge is 0.292 e. The number of rotatable bonds is 7. The molecular formula is C12H12N6O5S. The highest BCUT2D eigenvalue weighted by atomic mass is 32.1. The topological polar surface area (TPSA) is 168 Å². The predicted molar refractivity (Wildman–Crippen MR) is 84.5 cm³/mol. The predicted octanol–water partition coefficient (Wildman–Crippen LogP) is -0.165. The molecule has 4 N–H and O–H groups in total. The second-order valence-electron chi connectivity index (χ2n) is 4.05. The second-order valence-corrected chi connectivity index (χ2v) is 4.93. The summed E-state index contributed by atoms with van der Waals surface area (Å²) in [6.45, 7) is 0. The Morgan fingerprint density at radius 2 is 1.67 bits per heavy atom. The van der Waals surface area contributed by atoms with Gasteiger partial charge in [-0.25, -0.2) is 4.98 Å². The molecule has 0 saturated carbocycles. The molecule has 0 aliphatic rings. The molecule has 0 atom stereocenters. The summed E-state index contributed by atoms with van der Waals surface area (Å²) in [5.74, 6) is -2.10. The number of hydrogen-bond acceptors (Lipinski definition) is 12. The first-order chi connectivity index (χ1) is 11.5. The van der Waals surface area contributed by atoms with E-state index >= 15 is 0 Å². The highest BCUT2D eigenvalue weighted by molar-refractivity contribution is 7.13. The van der Waals surface area contributed by atoms with Crippen molar-refractivity contribution in [2.45, 2.75) is 0 Å². The number of Topliss-reactive ketones (excluding diaryl/α,β-unsaturated/α-hetero) is 2. The van der Waals surface area contributed by atoms with Crippen LogP contribution in [0.15, 0.2) is 26.4 Å². The summed E-state index contributed by atoms with van der Waals surface area (Å²) in [4.78, 5) is 41.8. The fourth-order valence-corrected chi connectivity index (χ4v) is 2.15. The lowest BCUT2D eigenvalue weighted by molar-refractivity contribution is -0.128. The zero-order valence-electron chi connectivity index (χ0n) is 12.5. The fourth-order valence-electron chi connectivity index (χ4n) is 1.60. The van der Waals surface area contributed by atoms with Crippen LogP contribution in [0, 0.1) is 0 Å². The van der Waals surface area contributed by atoms with Gasteiger partial charge in [0.1, 0.15) is 31.9 Å². The van der Waals surface area contributed by atoms with E-state index in [1.807, 2.05) is 0 Å². The second kappa shape index (κ2) is 7.32. The van der Waals surface area contributed by atoms with Crippen LogP contribution >= 0.6 is 11.3 Å². The minimum Gasteiger partial charge on any atom is -0.432 e. The molecule has 0 amide bonds. The van der Waals surface area contributed by atoms with Crippen LogP contribution in [0.25, 0.3) is 0 Å².